The first-order valence-corrected chi connectivity index (χ1v) is 11.0. The first kappa shape index (κ1) is 16.2. The van der Waals surface area contributed by atoms with Crippen molar-refractivity contribution in [2.75, 3.05) is 23.7 Å². The predicted molar refractivity (Wildman–Crippen MR) is 101 cm³/mol. The van der Waals surface area contributed by atoms with Crippen molar-refractivity contribution in [3.8, 4) is 11.3 Å². The molecular weight excluding hydrogens is 348 g/mol. The zero-order chi connectivity index (χ0) is 17.7. The van der Waals surface area contributed by atoms with Gasteiger partial charge in [0, 0.05) is 36.0 Å². The highest BCUT2D eigenvalue weighted by Crippen LogP contribution is 2.34. The van der Waals surface area contributed by atoms with Gasteiger partial charge in [-0.25, -0.2) is 23.1 Å². The monoisotopic (exact) mass is 370 g/mol. The Bertz CT molecular complexity index is 969. The fourth-order valence-electron chi connectivity index (χ4n) is 4.06. The summed E-state index contributed by atoms with van der Waals surface area (Å²) in [5.41, 5.74) is 5.55. The van der Waals surface area contributed by atoms with Crippen molar-refractivity contribution in [1.82, 2.24) is 14.7 Å². The quantitative estimate of drug-likeness (QED) is 0.897. The van der Waals surface area contributed by atoms with E-state index in [2.05, 4.69) is 21.8 Å². The Labute approximate surface area is 153 Å². The summed E-state index contributed by atoms with van der Waals surface area (Å²) in [4.78, 5) is 11.9. The second-order valence-electron chi connectivity index (χ2n) is 7.40. The van der Waals surface area contributed by atoms with Crippen molar-refractivity contribution < 1.29 is 8.42 Å². The summed E-state index contributed by atoms with van der Waals surface area (Å²) in [6.45, 7) is 2.06. The molecule has 3 heterocycles. The third kappa shape index (κ3) is 2.79. The Morgan fingerprint density at radius 1 is 1.12 bits per heavy atom. The lowest BCUT2D eigenvalue weighted by atomic mass is 9.99. The van der Waals surface area contributed by atoms with Crippen LogP contribution in [0.3, 0.4) is 0 Å². The molecule has 1 aliphatic carbocycles. The highest BCUT2D eigenvalue weighted by atomic mass is 32.2. The molecule has 2 aromatic rings. The molecule has 1 N–H and O–H groups in total. The molecule has 3 aliphatic rings. The average Bonchev–Trinajstić information content (AvgIpc) is 3.18. The van der Waals surface area contributed by atoms with Crippen LogP contribution in [0.25, 0.3) is 11.3 Å². The van der Waals surface area contributed by atoms with Gasteiger partial charge in [-0.2, -0.15) is 0 Å². The Hall–Kier alpha value is -1.99. The van der Waals surface area contributed by atoms with Gasteiger partial charge in [-0.1, -0.05) is 18.2 Å². The van der Waals surface area contributed by atoms with Crippen molar-refractivity contribution in [1.29, 1.82) is 0 Å². The van der Waals surface area contributed by atoms with Crippen LogP contribution in [0, 0.1) is 0 Å². The standard InChI is InChI=1S/C19H22N4O2S/c24-26(25)11-8-16(22-26)13-4-1-5-14(12-13)18-15-6-2-7-17(15)20-19(21-18)23-9-3-10-23/h1,4-5,12,16,22H,2-3,6-11H2. The van der Waals surface area contributed by atoms with Crippen LogP contribution in [0.15, 0.2) is 24.3 Å². The van der Waals surface area contributed by atoms with E-state index in [1.807, 2.05) is 12.1 Å². The fraction of sp³-hybridized carbons (Fsp3) is 0.474. The van der Waals surface area contributed by atoms with Gasteiger partial charge >= 0.3 is 0 Å². The third-order valence-electron chi connectivity index (χ3n) is 5.62. The minimum absolute atomic E-state index is 0.135. The molecule has 0 bridgehead atoms. The van der Waals surface area contributed by atoms with Gasteiger partial charge in [-0.05, 0) is 43.7 Å². The molecule has 5 rings (SSSR count). The summed E-state index contributed by atoms with van der Waals surface area (Å²) in [5.74, 6) is 1.04. The van der Waals surface area contributed by atoms with Crippen LogP contribution in [0.1, 0.15) is 42.1 Å². The first-order chi connectivity index (χ1) is 12.6. The third-order valence-corrected chi connectivity index (χ3v) is 7.04. The molecule has 1 aromatic carbocycles. The van der Waals surface area contributed by atoms with E-state index < -0.39 is 10.0 Å². The largest absolute Gasteiger partial charge is 0.341 e. The number of rotatable bonds is 3. The lowest BCUT2D eigenvalue weighted by Crippen LogP contribution is -2.38. The number of nitrogens with one attached hydrogen (secondary N) is 1. The Morgan fingerprint density at radius 3 is 2.73 bits per heavy atom. The summed E-state index contributed by atoms with van der Waals surface area (Å²) in [7, 11) is -3.13. The zero-order valence-electron chi connectivity index (χ0n) is 14.6. The van der Waals surface area contributed by atoms with Crippen LogP contribution in [0.5, 0.6) is 0 Å². The average molecular weight is 370 g/mol. The number of benzene rings is 1. The van der Waals surface area contributed by atoms with E-state index in [9.17, 15) is 8.42 Å². The van der Waals surface area contributed by atoms with Crippen molar-refractivity contribution >= 4 is 16.0 Å². The molecule has 2 aliphatic heterocycles. The van der Waals surface area contributed by atoms with E-state index in [0.29, 0.717) is 6.42 Å². The lowest BCUT2D eigenvalue weighted by Gasteiger charge is -2.31. The molecule has 0 saturated carbocycles. The lowest BCUT2D eigenvalue weighted by molar-refractivity contribution is 0.586. The number of nitrogens with zero attached hydrogens (tertiary/aromatic N) is 3. The number of anilines is 1. The maximum atomic E-state index is 11.7. The molecule has 1 unspecified atom stereocenters. The molecule has 6 nitrogen and oxygen atoms in total. The maximum Gasteiger partial charge on any atom is 0.226 e. The van der Waals surface area contributed by atoms with Crippen LogP contribution < -0.4 is 9.62 Å². The van der Waals surface area contributed by atoms with Gasteiger partial charge in [-0.15, -0.1) is 0 Å². The summed E-state index contributed by atoms with van der Waals surface area (Å²) >= 11 is 0. The molecule has 2 fully saturated rings. The van der Waals surface area contributed by atoms with E-state index in [1.165, 1.54) is 17.7 Å². The molecule has 0 spiro atoms. The number of fused-ring (bicyclic) bond motifs is 1. The molecule has 26 heavy (non-hydrogen) atoms. The van der Waals surface area contributed by atoms with Crippen molar-refractivity contribution in [2.24, 2.45) is 0 Å². The number of hydrogen-bond donors (Lipinski definition) is 1. The predicted octanol–water partition coefficient (Wildman–Crippen LogP) is 2.21. The number of sulfonamides is 1. The summed E-state index contributed by atoms with van der Waals surface area (Å²) in [6.07, 6.45) is 4.99. The van der Waals surface area contributed by atoms with Gasteiger partial charge in [-0.3, -0.25) is 0 Å². The van der Waals surface area contributed by atoms with Crippen LogP contribution >= 0.6 is 0 Å². The van der Waals surface area contributed by atoms with Gasteiger partial charge < -0.3 is 4.90 Å². The Kier molecular flexibility index (Phi) is 3.76. The number of hydrogen-bond acceptors (Lipinski definition) is 5. The Balaban J connectivity index is 1.56. The first-order valence-electron chi connectivity index (χ1n) is 9.34. The second kappa shape index (κ2) is 6.03. The normalized spacial score (nSPS) is 23.7. The molecule has 7 heteroatoms. The van der Waals surface area contributed by atoms with E-state index >= 15 is 0 Å². The van der Waals surface area contributed by atoms with Crippen molar-refractivity contribution in [3.63, 3.8) is 0 Å². The van der Waals surface area contributed by atoms with Crippen molar-refractivity contribution in [3.05, 3.63) is 41.1 Å². The van der Waals surface area contributed by atoms with Crippen LogP contribution in [0.4, 0.5) is 5.95 Å². The summed E-state index contributed by atoms with van der Waals surface area (Å²) in [6, 6.07) is 8.04. The minimum atomic E-state index is -3.13. The molecule has 0 amide bonds. The smallest absolute Gasteiger partial charge is 0.226 e. The van der Waals surface area contributed by atoms with Crippen LogP contribution in [0.2, 0.25) is 0 Å². The Morgan fingerprint density at radius 2 is 2.00 bits per heavy atom. The van der Waals surface area contributed by atoms with E-state index in [-0.39, 0.29) is 11.8 Å². The van der Waals surface area contributed by atoms with Gasteiger partial charge in [0.05, 0.1) is 11.4 Å². The van der Waals surface area contributed by atoms with Gasteiger partial charge in [0.1, 0.15) is 0 Å². The van der Waals surface area contributed by atoms with Crippen LogP contribution in [-0.2, 0) is 22.9 Å². The molecule has 136 valence electrons. The zero-order valence-corrected chi connectivity index (χ0v) is 15.4. The van der Waals surface area contributed by atoms with E-state index in [0.717, 1.165) is 55.1 Å². The number of aryl methyl sites for hydroxylation is 1. The SMILES string of the molecule is O=S1(=O)CCC(c2cccc(-c3nc(N4CCC4)nc4c3CCC4)c2)N1. The molecule has 1 aromatic heterocycles. The highest BCUT2D eigenvalue weighted by molar-refractivity contribution is 7.89. The fourth-order valence-corrected chi connectivity index (χ4v) is 5.41. The van der Waals surface area contributed by atoms with Gasteiger partial charge in [0.25, 0.3) is 0 Å². The molecule has 0 radical (unpaired) electrons. The van der Waals surface area contributed by atoms with Crippen molar-refractivity contribution in [2.45, 2.75) is 38.1 Å². The number of aromatic nitrogens is 2. The highest BCUT2D eigenvalue weighted by Gasteiger charge is 2.29. The summed E-state index contributed by atoms with van der Waals surface area (Å²) < 4.78 is 26.2. The minimum Gasteiger partial charge on any atom is -0.341 e. The second-order valence-corrected chi connectivity index (χ2v) is 9.27. The summed E-state index contributed by atoms with van der Waals surface area (Å²) in [5, 5.41) is 0. The topological polar surface area (TPSA) is 75.2 Å². The molecule has 2 saturated heterocycles. The van der Waals surface area contributed by atoms with E-state index in [4.69, 9.17) is 9.97 Å². The molecular formula is C19H22N4O2S. The van der Waals surface area contributed by atoms with Crippen LogP contribution in [-0.4, -0.2) is 37.2 Å². The molecule has 1 atom stereocenters. The van der Waals surface area contributed by atoms with E-state index in [1.54, 1.807) is 0 Å². The van der Waals surface area contributed by atoms with Gasteiger partial charge in [0.2, 0.25) is 16.0 Å². The maximum absolute atomic E-state index is 11.7. The van der Waals surface area contributed by atoms with Gasteiger partial charge in [0.15, 0.2) is 0 Å².